The molecule has 0 spiro atoms. The average Bonchev–Trinajstić information content (AvgIpc) is 2.12. The van der Waals surface area contributed by atoms with Crippen LogP contribution < -0.4 is 0 Å². The predicted octanol–water partition coefficient (Wildman–Crippen LogP) is 3.41. The van der Waals surface area contributed by atoms with Crippen molar-refractivity contribution in [3.8, 4) is 0 Å². The minimum absolute atomic E-state index is 1.06. The van der Waals surface area contributed by atoms with Crippen LogP contribution >= 0.6 is 15.9 Å². The summed E-state index contributed by atoms with van der Waals surface area (Å²) < 4.78 is 1.19. The lowest BCUT2D eigenvalue weighted by molar-refractivity contribution is 1.01. The van der Waals surface area contributed by atoms with Gasteiger partial charge in [0.05, 0.1) is 5.69 Å². The van der Waals surface area contributed by atoms with E-state index in [-0.39, 0.29) is 0 Å². The first-order valence-electron chi connectivity index (χ1n) is 4.09. The Morgan fingerprint density at radius 2 is 2.25 bits per heavy atom. The molecule has 2 rings (SSSR count). The summed E-state index contributed by atoms with van der Waals surface area (Å²) >= 11 is 3.54. The van der Waals surface area contributed by atoms with Crippen molar-refractivity contribution >= 4 is 27.8 Å². The van der Waals surface area contributed by atoms with E-state index in [0.717, 1.165) is 18.5 Å². The van der Waals surface area contributed by atoms with E-state index in [0.29, 0.717) is 0 Å². The Bertz CT molecular complexity index is 342. The molecule has 2 heteroatoms. The molecule has 0 N–H and O–H groups in total. The van der Waals surface area contributed by atoms with E-state index in [4.69, 9.17) is 0 Å². The maximum Gasteiger partial charge on any atom is 0.0698 e. The van der Waals surface area contributed by atoms with E-state index in [9.17, 15) is 0 Å². The number of rotatable bonds is 0. The molecule has 0 atom stereocenters. The third-order valence-corrected chi connectivity index (χ3v) is 2.91. The van der Waals surface area contributed by atoms with E-state index in [2.05, 4.69) is 40.0 Å². The predicted molar refractivity (Wildman–Crippen MR) is 55.4 cm³/mol. The number of hydrogen-bond acceptors (Lipinski definition) is 1. The summed E-state index contributed by atoms with van der Waals surface area (Å²) in [7, 11) is 0. The summed E-state index contributed by atoms with van der Waals surface area (Å²) in [5.74, 6) is 0. The standard InChI is InChI=1S/C10H10BrN/c1-7-4-5-9(11)8-3-2-6-12-10(7)8/h4-6H,2-3H2,1H3. The van der Waals surface area contributed by atoms with E-state index >= 15 is 0 Å². The number of nitrogens with zero attached hydrogens (tertiary/aromatic N) is 1. The van der Waals surface area contributed by atoms with Gasteiger partial charge >= 0.3 is 0 Å². The highest BCUT2D eigenvalue weighted by molar-refractivity contribution is 9.10. The second kappa shape index (κ2) is 3.02. The lowest BCUT2D eigenvalue weighted by Gasteiger charge is -2.13. The van der Waals surface area contributed by atoms with Gasteiger partial charge in [-0.15, -0.1) is 0 Å². The van der Waals surface area contributed by atoms with Gasteiger partial charge in [-0.2, -0.15) is 0 Å². The minimum Gasteiger partial charge on any atom is -0.261 e. The number of hydrogen-bond donors (Lipinski definition) is 0. The molecule has 0 saturated heterocycles. The van der Waals surface area contributed by atoms with Crippen LogP contribution in [0.15, 0.2) is 21.6 Å². The summed E-state index contributed by atoms with van der Waals surface area (Å²) in [4.78, 5) is 4.40. The molecule has 0 radical (unpaired) electrons. The zero-order valence-corrected chi connectivity index (χ0v) is 8.56. The maximum atomic E-state index is 4.40. The molecular formula is C10H10BrN. The highest BCUT2D eigenvalue weighted by Crippen LogP contribution is 2.33. The van der Waals surface area contributed by atoms with Crippen LogP contribution in [0.3, 0.4) is 0 Å². The van der Waals surface area contributed by atoms with E-state index in [1.54, 1.807) is 0 Å². The molecule has 0 saturated carbocycles. The second-order valence-electron chi connectivity index (χ2n) is 3.04. The van der Waals surface area contributed by atoms with Gasteiger partial charge in [0.2, 0.25) is 0 Å². The van der Waals surface area contributed by atoms with Gasteiger partial charge in [-0.05, 0) is 37.0 Å². The van der Waals surface area contributed by atoms with Crippen molar-refractivity contribution in [1.82, 2.24) is 0 Å². The number of aryl methyl sites for hydroxylation is 1. The Morgan fingerprint density at radius 1 is 1.42 bits per heavy atom. The quantitative estimate of drug-likeness (QED) is 0.640. The minimum atomic E-state index is 1.06. The van der Waals surface area contributed by atoms with Gasteiger partial charge in [-0.3, -0.25) is 4.99 Å². The fourth-order valence-corrected chi connectivity index (χ4v) is 2.03. The van der Waals surface area contributed by atoms with E-state index in [1.807, 2.05) is 6.21 Å². The first-order chi connectivity index (χ1) is 5.79. The van der Waals surface area contributed by atoms with Crippen molar-refractivity contribution in [1.29, 1.82) is 0 Å². The van der Waals surface area contributed by atoms with Gasteiger partial charge in [0, 0.05) is 10.7 Å². The van der Waals surface area contributed by atoms with Crippen molar-refractivity contribution in [3.63, 3.8) is 0 Å². The topological polar surface area (TPSA) is 12.4 Å². The molecule has 1 aromatic carbocycles. The van der Waals surface area contributed by atoms with Crippen LogP contribution in [0.2, 0.25) is 0 Å². The summed E-state index contributed by atoms with van der Waals surface area (Å²) in [5.41, 5.74) is 3.79. The van der Waals surface area contributed by atoms with Crippen LogP contribution in [-0.2, 0) is 6.42 Å². The number of fused-ring (bicyclic) bond motifs is 1. The Hall–Kier alpha value is -0.630. The smallest absolute Gasteiger partial charge is 0.0698 e. The van der Waals surface area contributed by atoms with Crippen LogP contribution in [0, 0.1) is 6.92 Å². The van der Waals surface area contributed by atoms with Crippen molar-refractivity contribution in [2.45, 2.75) is 19.8 Å². The van der Waals surface area contributed by atoms with Crippen molar-refractivity contribution in [3.05, 3.63) is 27.7 Å². The third kappa shape index (κ3) is 1.20. The highest BCUT2D eigenvalue weighted by Gasteiger charge is 2.10. The highest BCUT2D eigenvalue weighted by atomic mass is 79.9. The van der Waals surface area contributed by atoms with Gasteiger partial charge in [0.15, 0.2) is 0 Å². The van der Waals surface area contributed by atoms with Crippen LogP contribution in [-0.4, -0.2) is 6.21 Å². The molecule has 0 bridgehead atoms. The maximum absolute atomic E-state index is 4.40. The molecule has 1 nitrogen and oxygen atoms in total. The van der Waals surface area contributed by atoms with Crippen LogP contribution in [0.4, 0.5) is 5.69 Å². The summed E-state index contributed by atoms with van der Waals surface area (Å²) in [6, 6.07) is 4.21. The van der Waals surface area contributed by atoms with Gasteiger partial charge < -0.3 is 0 Å². The van der Waals surface area contributed by atoms with Gasteiger partial charge in [-0.1, -0.05) is 22.0 Å². The average molecular weight is 224 g/mol. The van der Waals surface area contributed by atoms with Gasteiger partial charge in [0.1, 0.15) is 0 Å². The van der Waals surface area contributed by atoms with Crippen molar-refractivity contribution < 1.29 is 0 Å². The van der Waals surface area contributed by atoms with Gasteiger partial charge in [0.25, 0.3) is 0 Å². The van der Waals surface area contributed by atoms with Crippen LogP contribution in [0.25, 0.3) is 0 Å². The molecular weight excluding hydrogens is 214 g/mol. The van der Waals surface area contributed by atoms with Crippen molar-refractivity contribution in [2.75, 3.05) is 0 Å². The van der Waals surface area contributed by atoms with Crippen molar-refractivity contribution in [2.24, 2.45) is 4.99 Å². The zero-order valence-electron chi connectivity index (χ0n) is 6.97. The van der Waals surface area contributed by atoms with Crippen LogP contribution in [0.1, 0.15) is 17.5 Å². The monoisotopic (exact) mass is 223 g/mol. The third-order valence-electron chi connectivity index (χ3n) is 2.17. The number of halogens is 1. The van der Waals surface area contributed by atoms with E-state index < -0.39 is 0 Å². The Balaban J connectivity index is 2.67. The molecule has 1 aliphatic rings. The molecule has 62 valence electrons. The Kier molecular flexibility index (Phi) is 2.01. The molecule has 0 unspecified atom stereocenters. The molecule has 0 fully saturated rings. The zero-order chi connectivity index (χ0) is 8.55. The fraction of sp³-hybridized carbons (Fsp3) is 0.300. The molecule has 0 aliphatic carbocycles. The van der Waals surface area contributed by atoms with Gasteiger partial charge in [-0.25, -0.2) is 0 Å². The molecule has 1 heterocycles. The largest absolute Gasteiger partial charge is 0.261 e. The summed E-state index contributed by atoms with van der Waals surface area (Å²) in [6.45, 7) is 2.11. The molecule has 12 heavy (non-hydrogen) atoms. The normalized spacial score (nSPS) is 14.5. The lowest BCUT2D eigenvalue weighted by atomic mass is 10.0. The number of benzene rings is 1. The second-order valence-corrected chi connectivity index (χ2v) is 3.90. The lowest BCUT2D eigenvalue weighted by Crippen LogP contribution is -1.96. The first kappa shape index (κ1) is 7.99. The molecule has 0 aromatic heterocycles. The van der Waals surface area contributed by atoms with Crippen LogP contribution in [0.5, 0.6) is 0 Å². The van der Waals surface area contributed by atoms with E-state index in [1.165, 1.54) is 15.6 Å². The Morgan fingerprint density at radius 3 is 3.00 bits per heavy atom. The first-order valence-corrected chi connectivity index (χ1v) is 4.89. The SMILES string of the molecule is Cc1ccc(Br)c2c1N=CCC2. The molecule has 0 amide bonds. The molecule has 1 aliphatic heterocycles. The Labute approximate surface area is 80.6 Å². The molecule has 1 aromatic rings. The summed E-state index contributed by atoms with van der Waals surface area (Å²) in [6.07, 6.45) is 4.18. The fourth-order valence-electron chi connectivity index (χ4n) is 1.51. The summed E-state index contributed by atoms with van der Waals surface area (Å²) in [5, 5.41) is 0. The number of aliphatic imine (C=N–C) groups is 1.